The van der Waals surface area contributed by atoms with Gasteiger partial charge in [0, 0.05) is 25.6 Å². The van der Waals surface area contributed by atoms with Gasteiger partial charge in [0.05, 0.1) is 0 Å². The molecule has 18 heavy (non-hydrogen) atoms. The molecule has 1 amide bonds. The summed E-state index contributed by atoms with van der Waals surface area (Å²) in [5.41, 5.74) is 6.13. The molecule has 104 valence electrons. The highest BCUT2D eigenvalue weighted by Crippen LogP contribution is 2.27. The highest BCUT2D eigenvalue weighted by Gasteiger charge is 2.28. The van der Waals surface area contributed by atoms with Crippen LogP contribution in [0.1, 0.15) is 58.3 Å². The Morgan fingerprint density at radius 2 is 1.83 bits per heavy atom. The molecule has 1 heterocycles. The molecule has 3 heteroatoms. The number of piperidine rings is 1. The maximum Gasteiger partial charge on any atom is 0.222 e. The molecule has 2 N–H and O–H groups in total. The van der Waals surface area contributed by atoms with E-state index in [-0.39, 0.29) is 6.04 Å². The molecule has 0 aromatic carbocycles. The van der Waals surface area contributed by atoms with Crippen molar-refractivity contribution in [3.8, 4) is 0 Å². The van der Waals surface area contributed by atoms with E-state index in [1.807, 2.05) is 0 Å². The van der Waals surface area contributed by atoms with E-state index in [9.17, 15) is 4.79 Å². The van der Waals surface area contributed by atoms with Crippen LogP contribution < -0.4 is 5.73 Å². The zero-order valence-electron chi connectivity index (χ0n) is 11.7. The van der Waals surface area contributed by atoms with Gasteiger partial charge in [-0.15, -0.1) is 0 Å². The Bertz CT molecular complexity index is 272. The Morgan fingerprint density at radius 1 is 1.17 bits per heavy atom. The van der Waals surface area contributed by atoms with Gasteiger partial charge in [0.1, 0.15) is 0 Å². The quantitative estimate of drug-likeness (QED) is 0.839. The molecule has 1 saturated heterocycles. The van der Waals surface area contributed by atoms with Crippen LogP contribution in [0.4, 0.5) is 0 Å². The number of carbonyl (C=O) groups is 1. The van der Waals surface area contributed by atoms with Crippen LogP contribution >= 0.6 is 0 Å². The van der Waals surface area contributed by atoms with Crippen molar-refractivity contribution >= 4 is 5.91 Å². The second-order valence-electron chi connectivity index (χ2n) is 6.14. The summed E-state index contributed by atoms with van der Waals surface area (Å²) in [5.74, 6) is 1.63. The average molecular weight is 252 g/mol. The number of nitrogens with zero attached hydrogens (tertiary/aromatic N) is 1. The van der Waals surface area contributed by atoms with Gasteiger partial charge in [0.15, 0.2) is 0 Å². The highest BCUT2D eigenvalue weighted by atomic mass is 16.2. The smallest absolute Gasteiger partial charge is 0.222 e. The van der Waals surface area contributed by atoms with Gasteiger partial charge >= 0.3 is 0 Å². The summed E-state index contributed by atoms with van der Waals surface area (Å²) >= 11 is 0. The second-order valence-corrected chi connectivity index (χ2v) is 6.14. The van der Waals surface area contributed by atoms with Crippen LogP contribution in [0, 0.1) is 11.8 Å². The number of hydrogen-bond acceptors (Lipinski definition) is 2. The summed E-state index contributed by atoms with van der Waals surface area (Å²) in [6.07, 6.45) is 9.09. The van der Waals surface area contributed by atoms with Gasteiger partial charge < -0.3 is 10.6 Å². The van der Waals surface area contributed by atoms with Gasteiger partial charge in [-0.2, -0.15) is 0 Å². The van der Waals surface area contributed by atoms with Crippen molar-refractivity contribution in [1.82, 2.24) is 4.90 Å². The van der Waals surface area contributed by atoms with E-state index >= 15 is 0 Å². The van der Waals surface area contributed by atoms with E-state index in [0.29, 0.717) is 18.2 Å². The summed E-state index contributed by atoms with van der Waals surface area (Å²) in [6, 6.07) is 0.260. The standard InChI is InChI=1S/C15H28N2O/c1-2-12-7-9-17(10-8-12)15(18)11-13-5-3-4-6-14(13)16/h12-14H,2-11,16H2,1H3. The third-order valence-corrected chi connectivity index (χ3v) is 4.95. The Labute approximate surface area is 111 Å². The number of carbonyl (C=O) groups excluding carboxylic acids is 1. The molecule has 2 unspecified atom stereocenters. The lowest BCUT2D eigenvalue weighted by molar-refractivity contribution is -0.134. The molecule has 2 fully saturated rings. The minimum absolute atomic E-state index is 0.260. The van der Waals surface area contributed by atoms with Crippen LogP contribution in [0.3, 0.4) is 0 Å². The molecule has 2 rings (SSSR count). The van der Waals surface area contributed by atoms with Crippen LogP contribution in [0.15, 0.2) is 0 Å². The third-order valence-electron chi connectivity index (χ3n) is 4.95. The number of nitrogens with two attached hydrogens (primary N) is 1. The van der Waals surface area contributed by atoms with Crippen molar-refractivity contribution < 1.29 is 4.79 Å². The Hall–Kier alpha value is -0.570. The van der Waals surface area contributed by atoms with E-state index in [1.165, 1.54) is 32.1 Å². The van der Waals surface area contributed by atoms with E-state index in [1.54, 1.807) is 0 Å². The van der Waals surface area contributed by atoms with Gasteiger partial charge in [-0.25, -0.2) is 0 Å². The molecule has 0 bridgehead atoms. The van der Waals surface area contributed by atoms with Crippen molar-refractivity contribution in [3.05, 3.63) is 0 Å². The highest BCUT2D eigenvalue weighted by molar-refractivity contribution is 5.76. The molecule has 1 aliphatic carbocycles. The molecule has 1 saturated carbocycles. The monoisotopic (exact) mass is 252 g/mol. The first-order valence-corrected chi connectivity index (χ1v) is 7.74. The minimum atomic E-state index is 0.260. The predicted molar refractivity (Wildman–Crippen MR) is 74.1 cm³/mol. The summed E-state index contributed by atoms with van der Waals surface area (Å²) in [7, 11) is 0. The predicted octanol–water partition coefficient (Wildman–Crippen LogP) is 2.54. The number of likely N-dealkylation sites (tertiary alicyclic amines) is 1. The Balaban J connectivity index is 1.77. The van der Waals surface area contributed by atoms with E-state index in [0.717, 1.165) is 31.8 Å². The van der Waals surface area contributed by atoms with Crippen molar-refractivity contribution in [2.75, 3.05) is 13.1 Å². The third kappa shape index (κ3) is 3.47. The lowest BCUT2D eigenvalue weighted by atomic mass is 9.82. The molecule has 0 aromatic heterocycles. The fourth-order valence-electron chi connectivity index (χ4n) is 3.43. The molecule has 3 nitrogen and oxygen atoms in total. The molecule has 0 aromatic rings. The normalized spacial score (nSPS) is 30.4. The Morgan fingerprint density at radius 3 is 2.44 bits per heavy atom. The van der Waals surface area contributed by atoms with E-state index in [2.05, 4.69) is 11.8 Å². The van der Waals surface area contributed by atoms with Crippen LogP contribution in [-0.2, 0) is 4.79 Å². The first-order valence-electron chi connectivity index (χ1n) is 7.74. The van der Waals surface area contributed by atoms with Crippen LogP contribution in [0.5, 0.6) is 0 Å². The first-order chi connectivity index (χ1) is 8.70. The van der Waals surface area contributed by atoms with E-state index in [4.69, 9.17) is 5.73 Å². The van der Waals surface area contributed by atoms with Crippen molar-refractivity contribution in [3.63, 3.8) is 0 Å². The molecule has 2 aliphatic rings. The van der Waals surface area contributed by atoms with Crippen LogP contribution in [0.2, 0.25) is 0 Å². The number of rotatable bonds is 3. The summed E-state index contributed by atoms with van der Waals surface area (Å²) in [6.45, 7) is 4.20. The van der Waals surface area contributed by atoms with Gasteiger partial charge in [0.2, 0.25) is 5.91 Å². The minimum Gasteiger partial charge on any atom is -0.343 e. The van der Waals surface area contributed by atoms with Crippen molar-refractivity contribution in [2.24, 2.45) is 17.6 Å². The zero-order chi connectivity index (χ0) is 13.0. The lowest BCUT2D eigenvalue weighted by Gasteiger charge is -2.34. The fourth-order valence-corrected chi connectivity index (χ4v) is 3.43. The van der Waals surface area contributed by atoms with Gasteiger partial charge in [0.25, 0.3) is 0 Å². The van der Waals surface area contributed by atoms with Gasteiger partial charge in [-0.05, 0) is 37.5 Å². The second kappa shape index (κ2) is 6.55. The van der Waals surface area contributed by atoms with Crippen molar-refractivity contribution in [1.29, 1.82) is 0 Å². The zero-order valence-corrected chi connectivity index (χ0v) is 11.7. The summed E-state index contributed by atoms with van der Waals surface area (Å²) in [5, 5.41) is 0. The molecule has 0 spiro atoms. The molecular formula is C15H28N2O. The topological polar surface area (TPSA) is 46.3 Å². The number of hydrogen-bond donors (Lipinski definition) is 1. The summed E-state index contributed by atoms with van der Waals surface area (Å²) in [4.78, 5) is 14.4. The van der Waals surface area contributed by atoms with Crippen LogP contribution in [-0.4, -0.2) is 29.9 Å². The SMILES string of the molecule is CCC1CCN(C(=O)CC2CCCCC2N)CC1. The Kier molecular flexibility index (Phi) is 5.04. The maximum absolute atomic E-state index is 12.3. The lowest BCUT2D eigenvalue weighted by Crippen LogP contribution is -2.42. The average Bonchev–Trinajstić information content (AvgIpc) is 2.41. The molecule has 1 aliphatic heterocycles. The number of amides is 1. The largest absolute Gasteiger partial charge is 0.343 e. The van der Waals surface area contributed by atoms with E-state index < -0.39 is 0 Å². The van der Waals surface area contributed by atoms with Crippen molar-refractivity contribution in [2.45, 2.75) is 64.3 Å². The first kappa shape index (κ1) is 13.9. The molecule has 2 atom stereocenters. The van der Waals surface area contributed by atoms with Crippen LogP contribution in [0.25, 0.3) is 0 Å². The summed E-state index contributed by atoms with van der Waals surface area (Å²) < 4.78 is 0. The maximum atomic E-state index is 12.3. The molecule has 0 radical (unpaired) electrons. The van der Waals surface area contributed by atoms with Gasteiger partial charge in [-0.3, -0.25) is 4.79 Å². The molecular weight excluding hydrogens is 224 g/mol. The van der Waals surface area contributed by atoms with Gasteiger partial charge in [-0.1, -0.05) is 26.2 Å². The fraction of sp³-hybridized carbons (Fsp3) is 0.933.